The van der Waals surface area contributed by atoms with Crippen molar-refractivity contribution in [2.45, 2.75) is 0 Å². The lowest BCUT2D eigenvalue weighted by molar-refractivity contribution is 0.961. The van der Waals surface area contributed by atoms with E-state index in [2.05, 4.69) is 20.1 Å². The van der Waals surface area contributed by atoms with Crippen molar-refractivity contribution in [3.63, 3.8) is 0 Å². The van der Waals surface area contributed by atoms with E-state index in [-0.39, 0.29) is 5.95 Å². The lowest BCUT2D eigenvalue weighted by Crippen LogP contribution is -2.15. The molecular formula is C10H8N6O. The maximum absolute atomic E-state index is 11.2. The number of hydrogen-bond acceptors (Lipinski definition) is 5. The Hall–Kier alpha value is -2.70. The lowest BCUT2D eigenvalue weighted by Gasteiger charge is -1.98. The van der Waals surface area contributed by atoms with Crippen molar-refractivity contribution in [3.8, 4) is 11.4 Å². The molecule has 0 aliphatic rings. The zero-order chi connectivity index (χ0) is 11.8. The van der Waals surface area contributed by atoms with Crippen molar-refractivity contribution < 1.29 is 0 Å². The number of nitrogens with one attached hydrogen (secondary N) is 1. The topological polar surface area (TPSA) is 102 Å². The Morgan fingerprint density at radius 2 is 2.18 bits per heavy atom. The molecule has 0 atom stereocenters. The summed E-state index contributed by atoms with van der Waals surface area (Å²) in [7, 11) is 0. The highest BCUT2D eigenvalue weighted by Gasteiger charge is 2.09. The van der Waals surface area contributed by atoms with Gasteiger partial charge in [0.25, 0.3) is 0 Å². The Bertz CT molecular complexity index is 744. The summed E-state index contributed by atoms with van der Waals surface area (Å²) in [6.07, 6.45) is 3.43. The predicted molar refractivity (Wildman–Crippen MR) is 61.3 cm³/mol. The standard InChI is InChI=1S/C10H8N6O/c11-9-13-8(14-10(17)15-9)6-5-12-16-4-2-1-3-7(6)16/h1-5H,(H3,11,13,14,15,17). The monoisotopic (exact) mass is 228 g/mol. The molecule has 0 aromatic carbocycles. The van der Waals surface area contributed by atoms with E-state index in [0.29, 0.717) is 11.4 Å². The SMILES string of the molecule is Nc1nc(-c2cnn3ccccc23)[nH]c(=O)n1. The number of nitrogens with zero attached hydrogens (tertiary/aromatic N) is 4. The van der Waals surface area contributed by atoms with Crippen LogP contribution in [0.25, 0.3) is 16.9 Å². The highest BCUT2D eigenvalue weighted by molar-refractivity contribution is 5.75. The van der Waals surface area contributed by atoms with Gasteiger partial charge in [0, 0.05) is 6.20 Å². The number of fused-ring (bicyclic) bond motifs is 1. The average molecular weight is 228 g/mol. The van der Waals surface area contributed by atoms with Crippen LogP contribution >= 0.6 is 0 Å². The smallest absolute Gasteiger partial charge is 0.349 e. The van der Waals surface area contributed by atoms with Gasteiger partial charge in [0.2, 0.25) is 5.95 Å². The van der Waals surface area contributed by atoms with Gasteiger partial charge in [-0.25, -0.2) is 9.31 Å². The molecule has 0 amide bonds. The molecular weight excluding hydrogens is 220 g/mol. The Morgan fingerprint density at radius 1 is 1.29 bits per heavy atom. The van der Waals surface area contributed by atoms with Crippen molar-refractivity contribution in [2.75, 3.05) is 5.73 Å². The number of anilines is 1. The molecule has 3 heterocycles. The third-order valence-corrected chi connectivity index (χ3v) is 2.35. The highest BCUT2D eigenvalue weighted by atomic mass is 16.1. The molecule has 84 valence electrons. The Kier molecular flexibility index (Phi) is 1.91. The first-order valence-electron chi connectivity index (χ1n) is 4.90. The van der Waals surface area contributed by atoms with Gasteiger partial charge in [0.05, 0.1) is 17.3 Å². The Morgan fingerprint density at radius 3 is 3.00 bits per heavy atom. The van der Waals surface area contributed by atoms with Crippen molar-refractivity contribution in [1.29, 1.82) is 0 Å². The first-order chi connectivity index (χ1) is 8.24. The van der Waals surface area contributed by atoms with Crippen molar-refractivity contribution in [1.82, 2.24) is 24.6 Å². The van der Waals surface area contributed by atoms with E-state index in [9.17, 15) is 4.79 Å². The average Bonchev–Trinajstić information content (AvgIpc) is 2.71. The van der Waals surface area contributed by atoms with E-state index in [1.807, 2.05) is 24.4 Å². The summed E-state index contributed by atoms with van der Waals surface area (Å²) in [6.45, 7) is 0. The van der Waals surface area contributed by atoms with Crippen LogP contribution in [-0.2, 0) is 0 Å². The van der Waals surface area contributed by atoms with E-state index in [0.717, 1.165) is 5.52 Å². The summed E-state index contributed by atoms with van der Waals surface area (Å²) < 4.78 is 1.69. The van der Waals surface area contributed by atoms with Crippen LogP contribution in [0, 0.1) is 0 Å². The molecule has 0 bridgehead atoms. The summed E-state index contributed by atoms with van der Waals surface area (Å²) in [5.74, 6) is 0.308. The highest BCUT2D eigenvalue weighted by Crippen LogP contribution is 2.19. The second-order valence-corrected chi connectivity index (χ2v) is 3.45. The fourth-order valence-corrected chi connectivity index (χ4v) is 1.65. The molecule has 0 spiro atoms. The summed E-state index contributed by atoms with van der Waals surface area (Å²) in [4.78, 5) is 21.2. The molecule has 0 saturated heterocycles. The molecule has 7 nitrogen and oxygen atoms in total. The quantitative estimate of drug-likeness (QED) is 0.613. The van der Waals surface area contributed by atoms with Gasteiger partial charge in [0.1, 0.15) is 5.82 Å². The third-order valence-electron chi connectivity index (χ3n) is 2.35. The third kappa shape index (κ3) is 1.53. The van der Waals surface area contributed by atoms with Gasteiger partial charge in [-0.05, 0) is 12.1 Å². The number of H-pyrrole nitrogens is 1. The number of aromatic amines is 1. The second kappa shape index (κ2) is 3.41. The summed E-state index contributed by atoms with van der Waals surface area (Å²) >= 11 is 0. The van der Waals surface area contributed by atoms with Gasteiger partial charge in [0.15, 0.2) is 0 Å². The molecule has 0 saturated carbocycles. The van der Waals surface area contributed by atoms with Crippen LogP contribution in [0.5, 0.6) is 0 Å². The van der Waals surface area contributed by atoms with Crippen LogP contribution in [-0.4, -0.2) is 24.6 Å². The van der Waals surface area contributed by atoms with Crippen LogP contribution in [0.1, 0.15) is 0 Å². The lowest BCUT2D eigenvalue weighted by atomic mass is 10.2. The largest absolute Gasteiger partial charge is 0.368 e. The molecule has 0 aliphatic carbocycles. The molecule has 0 unspecified atom stereocenters. The first kappa shape index (κ1) is 9.52. The Labute approximate surface area is 95.0 Å². The minimum Gasteiger partial charge on any atom is -0.368 e. The van der Waals surface area contributed by atoms with E-state index in [4.69, 9.17) is 5.73 Å². The van der Waals surface area contributed by atoms with Gasteiger partial charge < -0.3 is 5.73 Å². The van der Waals surface area contributed by atoms with E-state index >= 15 is 0 Å². The van der Waals surface area contributed by atoms with E-state index in [1.165, 1.54) is 0 Å². The van der Waals surface area contributed by atoms with E-state index in [1.54, 1.807) is 10.7 Å². The number of nitrogen functional groups attached to an aromatic ring is 1. The van der Waals surface area contributed by atoms with Crippen molar-refractivity contribution in [3.05, 3.63) is 41.1 Å². The summed E-state index contributed by atoms with van der Waals surface area (Å²) in [5.41, 5.74) is 6.45. The molecule has 3 rings (SSSR count). The molecule has 3 aromatic rings. The molecule has 7 heteroatoms. The Balaban J connectivity index is 2.30. The van der Waals surface area contributed by atoms with Crippen LogP contribution in [0.3, 0.4) is 0 Å². The minimum absolute atomic E-state index is 0.0565. The van der Waals surface area contributed by atoms with Gasteiger partial charge in [-0.1, -0.05) is 6.07 Å². The molecule has 3 aromatic heterocycles. The number of pyridine rings is 1. The summed E-state index contributed by atoms with van der Waals surface area (Å²) in [5, 5.41) is 4.15. The first-order valence-corrected chi connectivity index (χ1v) is 4.90. The van der Waals surface area contributed by atoms with Crippen LogP contribution < -0.4 is 11.4 Å². The number of nitrogens with two attached hydrogens (primary N) is 1. The fourth-order valence-electron chi connectivity index (χ4n) is 1.65. The van der Waals surface area contributed by atoms with Crippen LogP contribution in [0.15, 0.2) is 35.4 Å². The zero-order valence-electron chi connectivity index (χ0n) is 8.66. The van der Waals surface area contributed by atoms with E-state index < -0.39 is 5.69 Å². The predicted octanol–water partition coefficient (Wildman–Crippen LogP) is 0.0618. The number of hydrogen-bond donors (Lipinski definition) is 2. The summed E-state index contributed by atoms with van der Waals surface area (Å²) in [6, 6.07) is 5.61. The van der Waals surface area contributed by atoms with Crippen LogP contribution in [0.4, 0.5) is 5.95 Å². The fraction of sp³-hybridized carbons (Fsp3) is 0. The number of aromatic nitrogens is 5. The van der Waals surface area contributed by atoms with Gasteiger partial charge in [-0.15, -0.1) is 0 Å². The van der Waals surface area contributed by atoms with Crippen LogP contribution in [0.2, 0.25) is 0 Å². The minimum atomic E-state index is -0.525. The zero-order valence-corrected chi connectivity index (χ0v) is 8.66. The van der Waals surface area contributed by atoms with Gasteiger partial charge >= 0.3 is 5.69 Å². The molecule has 3 N–H and O–H groups in total. The normalized spacial score (nSPS) is 10.8. The van der Waals surface area contributed by atoms with Gasteiger partial charge in [-0.3, -0.25) is 4.98 Å². The molecule has 0 fully saturated rings. The molecule has 17 heavy (non-hydrogen) atoms. The molecule has 0 radical (unpaired) electrons. The maximum Gasteiger partial charge on any atom is 0.349 e. The van der Waals surface area contributed by atoms with Gasteiger partial charge in [-0.2, -0.15) is 15.1 Å². The molecule has 0 aliphatic heterocycles. The second-order valence-electron chi connectivity index (χ2n) is 3.45. The van der Waals surface area contributed by atoms with Crippen molar-refractivity contribution >= 4 is 11.5 Å². The maximum atomic E-state index is 11.2. The van der Waals surface area contributed by atoms with Crippen molar-refractivity contribution in [2.24, 2.45) is 0 Å². The number of rotatable bonds is 1.